The van der Waals surface area contributed by atoms with Gasteiger partial charge >= 0.3 is 0 Å². The van der Waals surface area contributed by atoms with Gasteiger partial charge < -0.3 is 15.4 Å². The number of guanidine groups is 1. The Kier molecular flexibility index (Phi) is 7.82. The first-order valence-electron chi connectivity index (χ1n) is 7.47. The lowest BCUT2D eigenvalue weighted by molar-refractivity contribution is -0.0174. The van der Waals surface area contributed by atoms with Gasteiger partial charge in [-0.1, -0.05) is 13.3 Å². The van der Waals surface area contributed by atoms with Crippen molar-refractivity contribution >= 4 is 5.96 Å². The Morgan fingerprint density at radius 2 is 2.26 bits per heavy atom. The highest BCUT2D eigenvalue weighted by Gasteiger charge is 2.23. The Morgan fingerprint density at radius 1 is 1.47 bits per heavy atom. The second-order valence-electron chi connectivity index (χ2n) is 5.24. The number of hydrogen-bond acceptors (Lipinski definition) is 3. The molecule has 0 aliphatic carbocycles. The van der Waals surface area contributed by atoms with Crippen molar-refractivity contribution in [2.24, 2.45) is 4.99 Å². The molecule has 1 saturated heterocycles. The van der Waals surface area contributed by atoms with Gasteiger partial charge in [0.05, 0.1) is 13.2 Å². The fourth-order valence-corrected chi connectivity index (χ4v) is 2.36. The van der Waals surface area contributed by atoms with E-state index in [2.05, 4.69) is 41.3 Å². The first-order chi connectivity index (χ1) is 9.19. The summed E-state index contributed by atoms with van der Waals surface area (Å²) in [4.78, 5) is 6.74. The molecule has 19 heavy (non-hydrogen) atoms. The van der Waals surface area contributed by atoms with Crippen molar-refractivity contribution in [3.8, 4) is 0 Å². The molecule has 0 saturated carbocycles. The van der Waals surface area contributed by atoms with Crippen LogP contribution in [0.4, 0.5) is 0 Å². The van der Waals surface area contributed by atoms with Gasteiger partial charge in [0, 0.05) is 38.8 Å². The molecule has 112 valence electrons. The molecular weight excluding hydrogens is 240 g/mol. The minimum Gasteiger partial charge on any atom is -0.379 e. The molecule has 2 N–H and O–H groups in total. The average molecular weight is 270 g/mol. The smallest absolute Gasteiger partial charge is 0.191 e. The van der Waals surface area contributed by atoms with Crippen LogP contribution >= 0.6 is 0 Å². The van der Waals surface area contributed by atoms with Gasteiger partial charge in [0.2, 0.25) is 0 Å². The minimum absolute atomic E-state index is 0.489. The van der Waals surface area contributed by atoms with Gasteiger partial charge in [-0.3, -0.25) is 9.89 Å². The highest BCUT2D eigenvalue weighted by atomic mass is 16.5. The lowest BCUT2D eigenvalue weighted by atomic mass is 10.2. The predicted molar refractivity (Wildman–Crippen MR) is 80.7 cm³/mol. The fourth-order valence-electron chi connectivity index (χ4n) is 2.36. The average Bonchev–Trinajstić information content (AvgIpc) is 2.43. The molecule has 5 nitrogen and oxygen atoms in total. The van der Waals surface area contributed by atoms with Crippen molar-refractivity contribution < 1.29 is 4.74 Å². The quantitative estimate of drug-likeness (QED) is 0.430. The van der Waals surface area contributed by atoms with E-state index < -0.39 is 0 Å². The van der Waals surface area contributed by atoms with Gasteiger partial charge in [-0.15, -0.1) is 0 Å². The molecule has 1 heterocycles. The van der Waals surface area contributed by atoms with Gasteiger partial charge in [-0.25, -0.2) is 0 Å². The van der Waals surface area contributed by atoms with Crippen LogP contribution in [0.1, 0.15) is 33.6 Å². The molecule has 0 aromatic rings. The maximum atomic E-state index is 5.48. The lowest BCUT2D eigenvalue weighted by Crippen LogP contribution is -2.53. The van der Waals surface area contributed by atoms with Gasteiger partial charge in [0.1, 0.15) is 0 Å². The summed E-state index contributed by atoms with van der Waals surface area (Å²) in [6.45, 7) is 11.3. The van der Waals surface area contributed by atoms with Crippen LogP contribution < -0.4 is 10.6 Å². The molecule has 0 bridgehead atoms. The summed E-state index contributed by atoms with van der Waals surface area (Å²) >= 11 is 0. The third-order valence-corrected chi connectivity index (χ3v) is 3.60. The molecule has 0 aromatic carbocycles. The monoisotopic (exact) mass is 270 g/mol. The highest BCUT2D eigenvalue weighted by Crippen LogP contribution is 2.09. The molecule has 1 fully saturated rings. The molecule has 1 rings (SSSR count). The number of nitrogens with zero attached hydrogens (tertiary/aromatic N) is 2. The van der Waals surface area contributed by atoms with E-state index >= 15 is 0 Å². The van der Waals surface area contributed by atoms with Gasteiger partial charge in [0.15, 0.2) is 5.96 Å². The molecule has 0 radical (unpaired) electrons. The molecule has 2 atom stereocenters. The predicted octanol–water partition coefficient (Wildman–Crippen LogP) is 1.06. The van der Waals surface area contributed by atoms with Crippen LogP contribution in [0.2, 0.25) is 0 Å². The number of nitrogens with one attached hydrogen (secondary N) is 2. The summed E-state index contributed by atoms with van der Waals surface area (Å²) in [5.41, 5.74) is 0. The second kappa shape index (κ2) is 9.15. The normalized spacial score (nSPS) is 23.2. The summed E-state index contributed by atoms with van der Waals surface area (Å²) in [6, 6.07) is 0.990. The van der Waals surface area contributed by atoms with E-state index in [1.54, 1.807) is 0 Å². The van der Waals surface area contributed by atoms with Crippen LogP contribution in [0.3, 0.4) is 0 Å². The Bertz CT molecular complexity index is 270. The van der Waals surface area contributed by atoms with Crippen LogP contribution in [0, 0.1) is 0 Å². The zero-order valence-corrected chi connectivity index (χ0v) is 12.9. The number of aliphatic imine (C=N–C) groups is 1. The molecule has 5 heteroatoms. The van der Waals surface area contributed by atoms with Gasteiger partial charge in [-0.2, -0.15) is 0 Å². The molecular formula is C14H30N4O. The number of morpholine rings is 1. The molecule has 0 spiro atoms. The third kappa shape index (κ3) is 5.78. The Labute approximate surface area is 117 Å². The molecule has 1 aliphatic heterocycles. The summed E-state index contributed by atoms with van der Waals surface area (Å²) in [5, 5.41) is 6.74. The van der Waals surface area contributed by atoms with Gasteiger partial charge in [0.25, 0.3) is 0 Å². The number of hydrogen-bond donors (Lipinski definition) is 2. The summed E-state index contributed by atoms with van der Waals surface area (Å²) in [7, 11) is 1.82. The zero-order valence-electron chi connectivity index (χ0n) is 12.9. The van der Waals surface area contributed by atoms with Crippen LogP contribution in [-0.4, -0.2) is 62.8 Å². The van der Waals surface area contributed by atoms with E-state index in [0.29, 0.717) is 12.1 Å². The Morgan fingerprint density at radius 3 is 2.89 bits per heavy atom. The van der Waals surface area contributed by atoms with E-state index in [0.717, 1.165) is 38.8 Å². The van der Waals surface area contributed by atoms with E-state index in [-0.39, 0.29) is 0 Å². The fraction of sp³-hybridized carbons (Fsp3) is 0.929. The standard InChI is InChI=1S/C14H30N4O/c1-5-6-7-16-14(15-4)17-10-12(2)18-8-9-19-11-13(18)3/h12-13H,5-11H2,1-4H3,(H2,15,16,17). The van der Waals surface area contributed by atoms with Crippen molar-refractivity contribution in [3.05, 3.63) is 0 Å². The molecule has 0 amide bonds. The number of rotatable bonds is 6. The van der Waals surface area contributed by atoms with Crippen molar-refractivity contribution in [1.82, 2.24) is 15.5 Å². The van der Waals surface area contributed by atoms with E-state index in [4.69, 9.17) is 4.74 Å². The van der Waals surface area contributed by atoms with E-state index in [9.17, 15) is 0 Å². The maximum absolute atomic E-state index is 5.48. The van der Waals surface area contributed by atoms with Crippen molar-refractivity contribution in [2.75, 3.05) is 39.9 Å². The van der Waals surface area contributed by atoms with E-state index in [1.165, 1.54) is 12.8 Å². The lowest BCUT2D eigenvalue weighted by Gasteiger charge is -2.38. The topological polar surface area (TPSA) is 48.9 Å². The van der Waals surface area contributed by atoms with Crippen molar-refractivity contribution in [2.45, 2.75) is 45.7 Å². The van der Waals surface area contributed by atoms with E-state index in [1.807, 2.05) is 7.05 Å². The largest absolute Gasteiger partial charge is 0.379 e. The first-order valence-corrected chi connectivity index (χ1v) is 7.47. The summed E-state index contributed by atoms with van der Waals surface area (Å²) in [6.07, 6.45) is 2.38. The van der Waals surface area contributed by atoms with Crippen LogP contribution in [-0.2, 0) is 4.74 Å². The summed E-state index contributed by atoms with van der Waals surface area (Å²) in [5.74, 6) is 0.904. The second-order valence-corrected chi connectivity index (χ2v) is 5.24. The molecule has 2 unspecified atom stereocenters. The first kappa shape index (κ1) is 16.2. The van der Waals surface area contributed by atoms with Crippen molar-refractivity contribution in [1.29, 1.82) is 0 Å². The molecule has 1 aliphatic rings. The Balaban J connectivity index is 2.29. The van der Waals surface area contributed by atoms with Crippen molar-refractivity contribution in [3.63, 3.8) is 0 Å². The Hall–Kier alpha value is -0.810. The number of unbranched alkanes of at least 4 members (excludes halogenated alkanes) is 1. The van der Waals surface area contributed by atoms with Gasteiger partial charge in [-0.05, 0) is 20.3 Å². The highest BCUT2D eigenvalue weighted by molar-refractivity contribution is 5.79. The summed E-state index contributed by atoms with van der Waals surface area (Å²) < 4.78 is 5.48. The zero-order chi connectivity index (χ0) is 14.1. The van der Waals surface area contributed by atoms with Crippen LogP contribution in [0.5, 0.6) is 0 Å². The third-order valence-electron chi connectivity index (χ3n) is 3.60. The number of ether oxygens (including phenoxy) is 1. The van der Waals surface area contributed by atoms with Crippen LogP contribution in [0.25, 0.3) is 0 Å². The molecule has 0 aromatic heterocycles. The SMILES string of the molecule is CCCCNC(=NC)NCC(C)N1CCOCC1C. The maximum Gasteiger partial charge on any atom is 0.191 e. The van der Waals surface area contributed by atoms with Crippen LogP contribution in [0.15, 0.2) is 4.99 Å². The minimum atomic E-state index is 0.489.